The van der Waals surface area contributed by atoms with Crippen molar-refractivity contribution in [3.05, 3.63) is 0 Å². The molecular formula is C10H23N3O3. The van der Waals surface area contributed by atoms with Gasteiger partial charge >= 0.3 is 0 Å². The molecule has 2 amide bonds. The Balaban J connectivity index is 0. The largest absolute Gasteiger partial charge is 0.356 e. The number of rotatable bonds is 7. The molecule has 0 unspecified atom stereocenters. The van der Waals surface area contributed by atoms with Gasteiger partial charge in [0.15, 0.2) is 0 Å². The Hall–Kier alpha value is -1.14. The highest BCUT2D eigenvalue weighted by Crippen LogP contribution is 1.84. The van der Waals surface area contributed by atoms with Crippen molar-refractivity contribution >= 4 is 11.8 Å². The average Bonchev–Trinajstić information content (AvgIpc) is 2.26. The zero-order valence-corrected chi connectivity index (χ0v) is 10.3. The maximum atomic E-state index is 10.8. The minimum absolute atomic E-state index is 0.0365. The van der Waals surface area contributed by atoms with Crippen LogP contribution in [0.15, 0.2) is 0 Å². The molecule has 0 saturated heterocycles. The van der Waals surface area contributed by atoms with Crippen LogP contribution in [0.3, 0.4) is 0 Å². The van der Waals surface area contributed by atoms with Crippen molar-refractivity contribution in [2.45, 2.75) is 33.6 Å². The first-order valence-electron chi connectivity index (χ1n) is 5.49. The molecule has 0 heterocycles. The van der Waals surface area contributed by atoms with Crippen LogP contribution in [0.1, 0.15) is 33.6 Å². The second kappa shape index (κ2) is 13.9. The Bertz CT molecular complexity index is 186. The smallest absolute Gasteiger partial charge is 0.248 e. The fraction of sp³-hybridized carbons (Fsp3) is 0.800. The topological polar surface area (TPSA) is 93.5 Å². The second-order valence-electron chi connectivity index (χ2n) is 2.85. The molecule has 0 saturated carbocycles. The molecule has 4 N–H and O–H groups in total. The Morgan fingerprint density at radius 1 is 1.12 bits per heavy atom. The fourth-order valence-electron chi connectivity index (χ4n) is 0.869. The minimum Gasteiger partial charge on any atom is -0.356 e. The number of nitrogens with one attached hydrogen (secondary N) is 2. The first-order valence-corrected chi connectivity index (χ1v) is 5.49. The van der Waals surface area contributed by atoms with Gasteiger partial charge in [-0.2, -0.15) is 0 Å². The molecule has 6 nitrogen and oxygen atoms in total. The summed E-state index contributed by atoms with van der Waals surface area (Å²) in [6.07, 6.45) is 1.65. The van der Waals surface area contributed by atoms with Crippen LogP contribution in [0.4, 0.5) is 0 Å². The van der Waals surface area contributed by atoms with Crippen molar-refractivity contribution in [2.24, 2.45) is 5.90 Å². The van der Waals surface area contributed by atoms with Crippen molar-refractivity contribution in [1.29, 1.82) is 0 Å². The van der Waals surface area contributed by atoms with Gasteiger partial charge in [0.25, 0.3) is 0 Å². The number of hydrogen-bond acceptors (Lipinski definition) is 4. The van der Waals surface area contributed by atoms with E-state index in [4.69, 9.17) is 5.90 Å². The second-order valence-corrected chi connectivity index (χ2v) is 2.85. The fourth-order valence-corrected chi connectivity index (χ4v) is 0.869. The highest BCUT2D eigenvalue weighted by atomic mass is 16.6. The lowest BCUT2D eigenvalue weighted by Gasteiger charge is -2.04. The first kappa shape index (κ1) is 17.3. The lowest BCUT2D eigenvalue weighted by molar-refractivity contribution is -0.125. The molecule has 0 aliphatic rings. The summed E-state index contributed by atoms with van der Waals surface area (Å²) < 4.78 is 0. The van der Waals surface area contributed by atoms with Gasteiger partial charge in [-0.3, -0.25) is 14.4 Å². The van der Waals surface area contributed by atoms with Crippen LogP contribution in [0.5, 0.6) is 0 Å². The van der Waals surface area contributed by atoms with Crippen molar-refractivity contribution in [3.63, 3.8) is 0 Å². The maximum Gasteiger partial charge on any atom is 0.248 e. The summed E-state index contributed by atoms with van der Waals surface area (Å²) in [4.78, 5) is 25.4. The number of carbonyl (C=O) groups is 2. The molecule has 0 aromatic carbocycles. The van der Waals surface area contributed by atoms with E-state index in [0.29, 0.717) is 13.1 Å². The molecule has 0 bridgehead atoms. The van der Waals surface area contributed by atoms with Crippen molar-refractivity contribution in [3.8, 4) is 0 Å². The molecule has 6 heteroatoms. The number of amides is 2. The summed E-state index contributed by atoms with van der Waals surface area (Å²) in [6.45, 7) is 6.56. The number of hydrogen-bond donors (Lipinski definition) is 3. The van der Waals surface area contributed by atoms with Gasteiger partial charge in [0.2, 0.25) is 11.8 Å². The highest BCUT2D eigenvalue weighted by Gasteiger charge is 1.98. The third kappa shape index (κ3) is 15.3. The van der Waals surface area contributed by atoms with Gasteiger partial charge in [0.05, 0.1) is 0 Å². The van der Waals surface area contributed by atoms with E-state index < -0.39 is 0 Å². The van der Waals surface area contributed by atoms with E-state index in [1.807, 2.05) is 13.8 Å². The molecule has 96 valence electrons. The van der Waals surface area contributed by atoms with Crippen LogP contribution in [0.2, 0.25) is 0 Å². The van der Waals surface area contributed by atoms with E-state index in [9.17, 15) is 9.59 Å². The molecule has 0 aliphatic heterocycles. The molecule has 0 aliphatic carbocycles. The van der Waals surface area contributed by atoms with Crippen LogP contribution in [0.25, 0.3) is 0 Å². The summed E-state index contributed by atoms with van der Waals surface area (Å²) in [5.41, 5.74) is 0. The number of carbonyl (C=O) groups excluding carboxylic acids is 2. The van der Waals surface area contributed by atoms with E-state index in [-0.39, 0.29) is 18.4 Å². The Morgan fingerprint density at radius 3 is 2.06 bits per heavy atom. The first-order chi connectivity index (χ1) is 7.66. The van der Waals surface area contributed by atoms with Crippen LogP contribution < -0.4 is 16.5 Å². The normalized spacial score (nSPS) is 8.75. The van der Waals surface area contributed by atoms with E-state index >= 15 is 0 Å². The van der Waals surface area contributed by atoms with Gasteiger partial charge in [-0.15, -0.1) is 0 Å². The molecule has 0 aromatic rings. The van der Waals surface area contributed by atoms with E-state index in [2.05, 4.69) is 15.5 Å². The highest BCUT2D eigenvalue weighted by molar-refractivity contribution is 5.77. The summed E-state index contributed by atoms with van der Waals surface area (Å²) >= 11 is 0. The molecule has 0 rings (SSSR count). The quantitative estimate of drug-likeness (QED) is 0.424. The molecule has 16 heavy (non-hydrogen) atoms. The Morgan fingerprint density at radius 2 is 1.62 bits per heavy atom. The standard InChI is InChI=1S/C8H17N3O3.C2H6/c1-7(12)10-4-2-3-5-11-8(13)6-14-9;1-2/h2-6,9H2,1H3,(H,10,12)(H,11,13);1-2H3. The predicted molar refractivity (Wildman–Crippen MR) is 62.4 cm³/mol. The van der Waals surface area contributed by atoms with Crippen molar-refractivity contribution in [1.82, 2.24) is 10.6 Å². The van der Waals surface area contributed by atoms with Crippen LogP contribution in [0, 0.1) is 0 Å². The predicted octanol–water partition coefficient (Wildman–Crippen LogP) is -0.0646. The van der Waals surface area contributed by atoms with Gasteiger partial charge in [0, 0.05) is 20.0 Å². The average molecular weight is 233 g/mol. The number of nitrogens with two attached hydrogens (primary N) is 1. The monoisotopic (exact) mass is 233 g/mol. The van der Waals surface area contributed by atoms with Crippen LogP contribution in [-0.4, -0.2) is 31.5 Å². The van der Waals surface area contributed by atoms with Crippen molar-refractivity contribution in [2.75, 3.05) is 19.7 Å². The minimum atomic E-state index is -0.230. The van der Waals surface area contributed by atoms with E-state index in [1.165, 1.54) is 6.92 Å². The molecule has 0 spiro atoms. The van der Waals surface area contributed by atoms with Gasteiger partial charge < -0.3 is 10.6 Å². The van der Waals surface area contributed by atoms with Crippen LogP contribution in [-0.2, 0) is 14.4 Å². The molecule has 0 atom stereocenters. The van der Waals surface area contributed by atoms with E-state index in [0.717, 1.165) is 12.8 Å². The van der Waals surface area contributed by atoms with Crippen LogP contribution >= 0.6 is 0 Å². The van der Waals surface area contributed by atoms with Gasteiger partial charge in [0.1, 0.15) is 6.61 Å². The Labute approximate surface area is 96.9 Å². The van der Waals surface area contributed by atoms with Gasteiger partial charge in [-0.05, 0) is 12.8 Å². The summed E-state index contributed by atoms with van der Waals surface area (Å²) in [5, 5.41) is 5.28. The number of unbranched alkanes of at least 4 members (excludes halogenated alkanes) is 1. The summed E-state index contributed by atoms with van der Waals surface area (Å²) in [6, 6.07) is 0. The zero-order chi connectivity index (χ0) is 12.8. The SMILES string of the molecule is CC.CC(=O)NCCCCNC(=O)CON. The van der Waals surface area contributed by atoms with Crippen molar-refractivity contribution < 1.29 is 14.4 Å². The van der Waals surface area contributed by atoms with Gasteiger partial charge in [-0.1, -0.05) is 13.8 Å². The third-order valence-corrected chi connectivity index (χ3v) is 1.51. The lowest BCUT2D eigenvalue weighted by atomic mass is 10.3. The Kier molecular flexibility index (Phi) is 15.0. The third-order valence-electron chi connectivity index (χ3n) is 1.51. The summed E-state index contributed by atoms with van der Waals surface area (Å²) in [7, 11) is 0. The lowest BCUT2D eigenvalue weighted by Crippen LogP contribution is -2.30. The summed E-state index contributed by atoms with van der Waals surface area (Å²) in [5.74, 6) is 4.44. The molecule has 0 radical (unpaired) electrons. The maximum absolute atomic E-state index is 10.8. The van der Waals surface area contributed by atoms with Gasteiger partial charge in [-0.25, -0.2) is 5.90 Å². The van der Waals surface area contributed by atoms with E-state index in [1.54, 1.807) is 0 Å². The molecular weight excluding hydrogens is 210 g/mol. The molecule has 0 fully saturated rings. The zero-order valence-electron chi connectivity index (χ0n) is 10.3. The molecule has 0 aromatic heterocycles.